The molecule has 1 amide bonds. The van der Waals surface area contributed by atoms with Gasteiger partial charge in [0.15, 0.2) is 0 Å². The van der Waals surface area contributed by atoms with Gasteiger partial charge < -0.3 is 9.47 Å². The van der Waals surface area contributed by atoms with Crippen molar-refractivity contribution in [1.82, 2.24) is 9.47 Å². The van der Waals surface area contributed by atoms with Crippen molar-refractivity contribution in [2.45, 2.75) is 25.6 Å². The maximum Gasteiger partial charge on any atom is 0.431 e. The zero-order valence-corrected chi connectivity index (χ0v) is 11.4. The molecule has 1 aromatic rings. The summed E-state index contributed by atoms with van der Waals surface area (Å²) in [5.41, 5.74) is -1.89. The second-order valence-corrected chi connectivity index (χ2v) is 4.37. The first-order valence-corrected chi connectivity index (χ1v) is 6.15. The van der Waals surface area contributed by atoms with Gasteiger partial charge in [-0.15, -0.1) is 0 Å². The Morgan fingerprint density at radius 2 is 2.10 bits per heavy atom. The predicted molar refractivity (Wildman–Crippen MR) is 68.2 cm³/mol. The molecule has 0 aromatic carbocycles. The van der Waals surface area contributed by atoms with Crippen molar-refractivity contribution in [3.05, 3.63) is 34.2 Å². The van der Waals surface area contributed by atoms with Crippen LogP contribution in [0.5, 0.6) is 0 Å². The summed E-state index contributed by atoms with van der Waals surface area (Å²) in [5.74, 6) is -0.422. The summed E-state index contributed by atoms with van der Waals surface area (Å²) in [4.78, 5) is 24.5. The van der Waals surface area contributed by atoms with Gasteiger partial charge in [0, 0.05) is 32.6 Å². The van der Waals surface area contributed by atoms with E-state index in [1.54, 1.807) is 0 Å². The van der Waals surface area contributed by atoms with Gasteiger partial charge in [0.2, 0.25) is 5.91 Å². The van der Waals surface area contributed by atoms with Gasteiger partial charge in [0.1, 0.15) is 5.69 Å². The monoisotopic (exact) mass is 301 g/mol. The van der Waals surface area contributed by atoms with E-state index in [0.29, 0.717) is 4.57 Å². The molecule has 0 radical (unpaired) electrons. The van der Waals surface area contributed by atoms with Crippen molar-refractivity contribution < 1.29 is 18.0 Å². The van der Waals surface area contributed by atoms with Crippen molar-refractivity contribution >= 4 is 5.91 Å². The number of nitrogens with zero attached hydrogens (tertiary/aromatic N) is 3. The third-order valence-electron chi connectivity index (χ3n) is 2.87. The summed E-state index contributed by atoms with van der Waals surface area (Å²) in [6.07, 6.45) is -4.76. The summed E-state index contributed by atoms with van der Waals surface area (Å²) in [7, 11) is 1.46. The minimum Gasteiger partial charge on any atom is -0.345 e. The third kappa shape index (κ3) is 4.63. The molecule has 0 saturated heterocycles. The summed E-state index contributed by atoms with van der Waals surface area (Å²) < 4.78 is 38.9. The fourth-order valence-electron chi connectivity index (χ4n) is 1.74. The van der Waals surface area contributed by atoms with Gasteiger partial charge in [-0.25, -0.2) is 0 Å². The Morgan fingerprint density at radius 1 is 1.43 bits per heavy atom. The molecule has 0 atom stereocenters. The highest BCUT2D eigenvalue weighted by atomic mass is 19.4. The molecule has 0 aliphatic rings. The van der Waals surface area contributed by atoms with Crippen LogP contribution in [0.3, 0.4) is 0 Å². The molecule has 0 aliphatic heterocycles. The van der Waals surface area contributed by atoms with Crippen LogP contribution in [0.25, 0.3) is 0 Å². The zero-order valence-electron chi connectivity index (χ0n) is 11.4. The lowest BCUT2D eigenvalue weighted by molar-refractivity contribution is -0.145. The summed E-state index contributed by atoms with van der Waals surface area (Å²) in [6.45, 7) is -0.157. The lowest BCUT2D eigenvalue weighted by atomic mass is 10.3. The standard InChI is InChI=1S/C13H14F3N3O2/c1-18(8-3-7-17)11(20)6-9-19-10(13(14,15)16)4-2-5-12(19)21/h2,4-5H,3,6,8-9H2,1H3. The Bertz CT molecular complexity index is 602. The molecule has 114 valence electrons. The SMILES string of the molecule is CN(CCC#N)C(=O)CCn1c(C(F)(F)F)cccc1=O. The number of halogens is 3. The van der Waals surface area contributed by atoms with E-state index in [9.17, 15) is 22.8 Å². The van der Waals surface area contributed by atoms with Crippen LogP contribution in [-0.4, -0.2) is 29.0 Å². The Morgan fingerprint density at radius 3 is 2.67 bits per heavy atom. The van der Waals surface area contributed by atoms with Gasteiger partial charge in [0.05, 0.1) is 12.5 Å². The number of pyridine rings is 1. The number of hydrogen-bond donors (Lipinski definition) is 0. The van der Waals surface area contributed by atoms with E-state index in [2.05, 4.69) is 0 Å². The van der Waals surface area contributed by atoms with Crippen LogP contribution in [0, 0.1) is 11.3 Å². The first-order valence-electron chi connectivity index (χ1n) is 6.15. The number of alkyl halides is 3. The second kappa shape index (κ2) is 6.92. The van der Waals surface area contributed by atoms with Gasteiger partial charge in [-0.05, 0) is 6.07 Å². The van der Waals surface area contributed by atoms with E-state index in [1.165, 1.54) is 11.9 Å². The fraction of sp³-hybridized carbons (Fsp3) is 0.462. The minimum absolute atomic E-state index is 0.140. The lowest BCUT2D eigenvalue weighted by Crippen LogP contribution is -2.32. The maximum absolute atomic E-state index is 12.8. The Balaban J connectivity index is 2.83. The molecule has 1 rings (SSSR count). The number of rotatable bonds is 5. The molecule has 1 aromatic heterocycles. The van der Waals surface area contributed by atoms with Crippen molar-refractivity contribution in [1.29, 1.82) is 5.26 Å². The van der Waals surface area contributed by atoms with Gasteiger partial charge >= 0.3 is 6.18 Å². The van der Waals surface area contributed by atoms with E-state index >= 15 is 0 Å². The number of hydrogen-bond acceptors (Lipinski definition) is 3. The number of nitriles is 1. The van der Waals surface area contributed by atoms with Crippen LogP contribution in [-0.2, 0) is 17.5 Å². The molecule has 0 fully saturated rings. The molecule has 0 aliphatic carbocycles. The highest BCUT2D eigenvalue weighted by Gasteiger charge is 2.34. The number of carbonyl (C=O) groups is 1. The Labute approximate surface area is 119 Å². The first-order chi connectivity index (χ1) is 9.77. The minimum atomic E-state index is -4.66. The molecule has 1 heterocycles. The molecule has 0 unspecified atom stereocenters. The highest BCUT2D eigenvalue weighted by molar-refractivity contribution is 5.75. The predicted octanol–water partition coefficient (Wildman–Crippen LogP) is 1.63. The van der Waals surface area contributed by atoms with Gasteiger partial charge in [-0.3, -0.25) is 9.59 Å². The molecule has 5 nitrogen and oxygen atoms in total. The van der Waals surface area contributed by atoms with E-state index in [0.717, 1.165) is 18.2 Å². The largest absolute Gasteiger partial charge is 0.431 e. The van der Waals surface area contributed by atoms with Crippen LogP contribution < -0.4 is 5.56 Å². The van der Waals surface area contributed by atoms with E-state index in [1.807, 2.05) is 6.07 Å². The summed E-state index contributed by atoms with van der Waals surface area (Å²) >= 11 is 0. The molecule has 0 saturated carbocycles. The van der Waals surface area contributed by atoms with Crippen molar-refractivity contribution in [3.63, 3.8) is 0 Å². The smallest absolute Gasteiger partial charge is 0.345 e. The topological polar surface area (TPSA) is 66.1 Å². The average Bonchev–Trinajstić information content (AvgIpc) is 2.41. The maximum atomic E-state index is 12.8. The molecule has 0 spiro atoms. The van der Waals surface area contributed by atoms with Crippen molar-refractivity contribution in [2.24, 2.45) is 0 Å². The lowest BCUT2D eigenvalue weighted by Gasteiger charge is -2.18. The number of aromatic nitrogens is 1. The van der Waals surface area contributed by atoms with Crippen LogP contribution in [0.1, 0.15) is 18.5 Å². The van der Waals surface area contributed by atoms with Crippen LogP contribution in [0.2, 0.25) is 0 Å². The Kier molecular flexibility index (Phi) is 5.52. The number of carbonyl (C=O) groups excluding carboxylic acids is 1. The van der Waals surface area contributed by atoms with Crippen LogP contribution in [0.4, 0.5) is 13.2 Å². The molecular weight excluding hydrogens is 287 g/mol. The van der Waals surface area contributed by atoms with Gasteiger partial charge in [-0.2, -0.15) is 18.4 Å². The Hall–Kier alpha value is -2.30. The highest BCUT2D eigenvalue weighted by Crippen LogP contribution is 2.28. The quantitative estimate of drug-likeness (QED) is 0.830. The average molecular weight is 301 g/mol. The van der Waals surface area contributed by atoms with Gasteiger partial charge in [0.25, 0.3) is 5.56 Å². The third-order valence-corrected chi connectivity index (χ3v) is 2.87. The molecule has 0 N–H and O–H groups in total. The van der Waals surface area contributed by atoms with E-state index in [4.69, 9.17) is 5.26 Å². The molecular formula is C13H14F3N3O2. The molecule has 8 heteroatoms. The normalized spacial score (nSPS) is 11.0. The first kappa shape index (κ1) is 16.8. The van der Waals surface area contributed by atoms with Crippen molar-refractivity contribution in [2.75, 3.05) is 13.6 Å². The van der Waals surface area contributed by atoms with Crippen molar-refractivity contribution in [3.8, 4) is 6.07 Å². The van der Waals surface area contributed by atoms with Crippen LogP contribution >= 0.6 is 0 Å². The van der Waals surface area contributed by atoms with E-state index < -0.39 is 23.3 Å². The van der Waals surface area contributed by atoms with Gasteiger partial charge in [-0.1, -0.05) is 6.07 Å². The summed E-state index contributed by atoms with van der Waals surface area (Å²) in [6, 6.07) is 4.71. The van der Waals surface area contributed by atoms with Crippen LogP contribution in [0.15, 0.2) is 23.0 Å². The zero-order chi connectivity index (χ0) is 16.0. The van der Waals surface area contributed by atoms with E-state index in [-0.39, 0.29) is 25.9 Å². The number of amides is 1. The fourth-order valence-corrected chi connectivity index (χ4v) is 1.74. The second-order valence-electron chi connectivity index (χ2n) is 4.37. The molecule has 0 bridgehead atoms. The summed E-state index contributed by atoms with van der Waals surface area (Å²) in [5, 5.41) is 8.41. The molecule has 21 heavy (non-hydrogen) atoms.